The Hall–Kier alpha value is -1.42. The van der Waals surface area contributed by atoms with Crippen LogP contribution in [0.3, 0.4) is 0 Å². The highest BCUT2D eigenvalue weighted by molar-refractivity contribution is 5.33. The van der Waals surface area contributed by atoms with E-state index in [1.165, 1.54) is 0 Å². The predicted molar refractivity (Wildman–Crippen MR) is 59.9 cm³/mol. The van der Waals surface area contributed by atoms with Crippen LogP contribution in [0.25, 0.3) is 0 Å². The molecule has 4 heteroatoms. The number of non-ortho nitro benzene ring substituents is 1. The molecule has 82 valence electrons. The van der Waals surface area contributed by atoms with Gasteiger partial charge >= 0.3 is 0 Å². The van der Waals surface area contributed by atoms with Crippen molar-refractivity contribution in [1.82, 2.24) is 4.90 Å². The second-order valence-electron chi connectivity index (χ2n) is 3.94. The Morgan fingerprint density at radius 2 is 1.87 bits per heavy atom. The van der Waals surface area contributed by atoms with Gasteiger partial charge in [-0.2, -0.15) is 0 Å². The number of nitro benzene ring substituents is 1. The highest BCUT2D eigenvalue weighted by atomic mass is 16.6. The van der Waals surface area contributed by atoms with Crippen LogP contribution >= 0.6 is 0 Å². The zero-order chi connectivity index (χ0) is 11.4. The molecule has 0 N–H and O–H groups in total. The quantitative estimate of drug-likeness (QED) is 0.562. The minimum absolute atomic E-state index is 0.149. The molecule has 4 nitrogen and oxygen atoms in total. The molecule has 0 aliphatic carbocycles. The zero-order valence-electron chi connectivity index (χ0n) is 9.30. The van der Waals surface area contributed by atoms with Gasteiger partial charge in [0.05, 0.1) is 4.92 Å². The van der Waals surface area contributed by atoms with Gasteiger partial charge in [0, 0.05) is 18.2 Å². The van der Waals surface area contributed by atoms with Gasteiger partial charge in [-0.3, -0.25) is 10.1 Å². The third-order valence-electron chi connectivity index (χ3n) is 2.56. The molecular formula is C11H16N2O2. The van der Waals surface area contributed by atoms with Crippen LogP contribution in [-0.2, 0) is 6.42 Å². The fraction of sp³-hybridized carbons (Fsp3) is 0.455. The molecule has 1 aromatic carbocycles. The van der Waals surface area contributed by atoms with E-state index >= 15 is 0 Å². The normalized spacial score (nSPS) is 12.8. The largest absolute Gasteiger partial charge is 0.306 e. The average molecular weight is 208 g/mol. The standard InChI is InChI=1S/C11H16N2O2/c1-9(12(2)3)8-10-4-6-11(7-5-10)13(14)15/h4-7,9H,8H2,1-3H3/t9-/m0/s1. The molecule has 1 rings (SSSR count). The smallest absolute Gasteiger partial charge is 0.269 e. The van der Waals surface area contributed by atoms with Crippen molar-refractivity contribution in [3.05, 3.63) is 39.9 Å². The molecule has 1 aromatic rings. The van der Waals surface area contributed by atoms with Crippen LogP contribution in [0.15, 0.2) is 24.3 Å². The fourth-order valence-corrected chi connectivity index (χ4v) is 1.28. The van der Waals surface area contributed by atoms with Crippen LogP contribution in [-0.4, -0.2) is 30.0 Å². The average Bonchev–Trinajstić information content (AvgIpc) is 2.18. The number of rotatable bonds is 4. The monoisotopic (exact) mass is 208 g/mol. The Labute approximate surface area is 89.7 Å². The minimum atomic E-state index is -0.376. The molecular weight excluding hydrogens is 192 g/mol. The Morgan fingerprint density at radius 3 is 2.27 bits per heavy atom. The van der Waals surface area contributed by atoms with E-state index in [1.54, 1.807) is 12.1 Å². The summed E-state index contributed by atoms with van der Waals surface area (Å²) in [5.41, 5.74) is 1.28. The summed E-state index contributed by atoms with van der Waals surface area (Å²) in [5.74, 6) is 0. The van der Waals surface area contributed by atoms with Crippen LogP contribution in [0.4, 0.5) is 5.69 Å². The molecule has 0 aromatic heterocycles. The van der Waals surface area contributed by atoms with Crippen LogP contribution in [0.1, 0.15) is 12.5 Å². The number of nitro groups is 1. The first-order chi connectivity index (χ1) is 7.00. The minimum Gasteiger partial charge on any atom is -0.306 e. The van der Waals surface area contributed by atoms with Gasteiger partial charge in [0.2, 0.25) is 0 Å². The van der Waals surface area contributed by atoms with Crippen molar-refractivity contribution in [2.24, 2.45) is 0 Å². The van der Waals surface area contributed by atoms with Crippen molar-refractivity contribution in [3.8, 4) is 0 Å². The molecule has 15 heavy (non-hydrogen) atoms. The first-order valence-electron chi connectivity index (χ1n) is 4.90. The number of hydrogen-bond donors (Lipinski definition) is 0. The topological polar surface area (TPSA) is 46.4 Å². The van der Waals surface area contributed by atoms with Gasteiger partial charge in [-0.15, -0.1) is 0 Å². The molecule has 0 aliphatic rings. The maximum atomic E-state index is 10.4. The number of likely N-dealkylation sites (N-methyl/N-ethyl adjacent to an activating group) is 1. The third kappa shape index (κ3) is 3.32. The molecule has 0 radical (unpaired) electrons. The lowest BCUT2D eigenvalue weighted by Gasteiger charge is -2.19. The second kappa shape index (κ2) is 4.89. The van der Waals surface area contributed by atoms with Gasteiger partial charge in [-0.1, -0.05) is 12.1 Å². The van der Waals surface area contributed by atoms with Crippen LogP contribution in [0, 0.1) is 10.1 Å². The van der Waals surface area contributed by atoms with Gasteiger partial charge in [-0.25, -0.2) is 0 Å². The highest BCUT2D eigenvalue weighted by Crippen LogP contribution is 2.13. The summed E-state index contributed by atoms with van der Waals surface area (Å²) in [6.45, 7) is 2.13. The van der Waals surface area contributed by atoms with Crippen molar-refractivity contribution in [1.29, 1.82) is 0 Å². The van der Waals surface area contributed by atoms with Gasteiger partial charge in [0.1, 0.15) is 0 Å². The lowest BCUT2D eigenvalue weighted by Crippen LogP contribution is -2.26. The summed E-state index contributed by atoms with van der Waals surface area (Å²) >= 11 is 0. The van der Waals surface area contributed by atoms with Gasteiger partial charge < -0.3 is 4.90 Å². The molecule has 0 aliphatic heterocycles. The zero-order valence-corrected chi connectivity index (χ0v) is 9.30. The van der Waals surface area contributed by atoms with E-state index in [0.29, 0.717) is 6.04 Å². The predicted octanol–water partition coefficient (Wildman–Crippen LogP) is 2.09. The maximum Gasteiger partial charge on any atom is 0.269 e. The summed E-state index contributed by atoms with van der Waals surface area (Å²) in [5, 5.41) is 10.4. The molecule has 0 saturated heterocycles. The third-order valence-corrected chi connectivity index (χ3v) is 2.56. The SMILES string of the molecule is C[C@@H](Cc1ccc([N+](=O)[O-])cc1)N(C)C. The molecule has 0 saturated carbocycles. The lowest BCUT2D eigenvalue weighted by molar-refractivity contribution is -0.384. The second-order valence-corrected chi connectivity index (χ2v) is 3.94. The summed E-state index contributed by atoms with van der Waals surface area (Å²) in [4.78, 5) is 12.2. The highest BCUT2D eigenvalue weighted by Gasteiger charge is 2.08. The van der Waals surface area contributed by atoms with Crippen molar-refractivity contribution in [2.45, 2.75) is 19.4 Å². The summed E-state index contributed by atoms with van der Waals surface area (Å²) in [6, 6.07) is 7.18. The Morgan fingerprint density at radius 1 is 1.33 bits per heavy atom. The number of benzene rings is 1. The Balaban J connectivity index is 2.68. The van der Waals surface area contributed by atoms with Crippen molar-refractivity contribution >= 4 is 5.69 Å². The molecule has 0 heterocycles. The van der Waals surface area contributed by atoms with E-state index in [4.69, 9.17) is 0 Å². The first kappa shape index (κ1) is 11.7. The van der Waals surface area contributed by atoms with E-state index in [0.717, 1.165) is 12.0 Å². The number of hydrogen-bond acceptors (Lipinski definition) is 3. The van der Waals surface area contributed by atoms with Crippen LogP contribution in [0.2, 0.25) is 0 Å². The molecule has 0 unspecified atom stereocenters. The van der Waals surface area contributed by atoms with Crippen LogP contribution < -0.4 is 0 Å². The Kier molecular flexibility index (Phi) is 3.80. The number of nitrogens with zero attached hydrogens (tertiary/aromatic N) is 2. The lowest BCUT2D eigenvalue weighted by atomic mass is 10.1. The summed E-state index contributed by atoms with van der Waals surface area (Å²) in [6.07, 6.45) is 0.908. The summed E-state index contributed by atoms with van der Waals surface area (Å²) < 4.78 is 0. The molecule has 0 spiro atoms. The van der Waals surface area contributed by atoms with E-state index in [9.17, 15) is 10.1 Å². The molecule has 0 amide bonds. The van der Waals surface area contributed by atoms with Crippen molar-refractivity contribution in [2.75, 3.05) is 14.1 Å². The van der Waals surface area contributed by atoms with Crippen molar-refractivity contribution in [3.63, 3.8) is 0 Å². The first-order valence-corrected chi connectivity index (χ1v) is 4.90. The summed E-state index contributed by atoms with van der Waals surface area (Å²) in [7, 11) is 4.05. The molecule has 0 bridgehead atoms. The van der Waals surface area contributed by atoms with Crippen LogP contribution in [0.5, 0.6) is 0 Å². The molecule has 0 fully saturated rings. The van der Waals surface area contributed by atoms with E-state index in [1.807, 2.05) is 26.2 Å². The van der Waals surface area contributed by atoms with E-state index in [-0.39, 0.29) is 10.6 Å². The maximum absolute atomic E-state index is 10.4. The van der Waals surface area contributed by atoms with Gasteiger partial charge in [-0.05, 0) is 33.0 Å². The van der Waals surface area contributed by atoms with Gasteiger partial charge in [0.25, 0.3) is 5.69 Å². The fourth-order valence-electron chi connectivity index (χ4n) is 1.28. The van der Waals surface area contributed by atoms with Gasteiger partial charge in [0.15, 0.2) is 0 Å². The Bertz CT molecular complexity index is 333. The van der Waals surface area contributed by atoms with E-state index < -0.39 is 0 Å². The molecule has 1 atom stereocenters. The van der Waals surface area contributed by atoms with Crippen molar-refractivity contribution < 1.29 is 4.92 Å². The van der Waals surface area contributed by atoms with E-state index in [2.05, 4.69) is 11.8 Å².